The van der Waals surface area contributed by atoms with E-state index in [1.54, 1.807) is 0 Å². The largest absolute Gasteiger partial charge is 0.409 e. The van der Waals surface area contributed by atoms with E-state index in [9.17, 15) is 4.79 Å². The first-order valence-electron chi connectivity index (χ1n) is 7.37. The van der Waals surface area contributed by atoms with E-state index >= 15 is 0 Å². The third kappa shape index (κ3) is 4.11. The molecule has 0 spiro atoms. The molecule has 0 radical (unpaired) electrons. The van der Waals surface area contributed by atoms with Crippen LogP contribution in [0, 0.1) is 5.92 Å². The van der Waals surface area contributed by atoms with Crippen molar-refractivity contribution in [3.63, 3.8) is 0 Å². The van der Waals surface area contributed by atoms with E-state index in [1.165, 1.54) is 0 Å². The number of amides is 1. The van der Waals surface area contributed by atoms with Crippen LogP contribution in [0.3, 0.4) is 0 Å². The smallest absolute Gasteiger partial charge is 0.220 e. The lowest BCUT2D eigenvalue weighted by Crippen LogP contribution is -2.59. The summed E-state index contributed by atoms with van der Waals surface area (Å²) < 4.78 is 0. The van der Waals surface area contributed by atoms with Gasteiger partial charge in [-0.05, 0) is 38.0 Å². The summed E-state index contributed by atoms with van der Waals surface area (Å²) in [5.74, 6) is 0.836. The molecule has 19 heavy (non-hydrogen) atoms. The van der Waals surface area contributed by atoms with E-state index in [0.29, 0.717) is 12.3 Å². The zero-order valence-corrected chi connectivity index (χ0v) is 12.1. The molecule has 1 aliphatic rings. The minimum atomic E-state index is -0.634. The van der Waals surface area contributed by atoms with E-state index in [2.05, 4.69) is 24.3 Å². The molecule has 0 saturated heterocycles. The SMILES string of the molecule is CCCCC(=O)NC1(C(N)=NO)CCC(CC)CC1. The van der Waals surface area contributed by atoms with Crippen molar-refractivity contribution < 1.29 is 10.0 Å². The number of unbranched alkanes of at least 4 members (excludes halogenated alkanes) is 1. The van der Waals surface area contributed by atoms with Gasteiger partial charge in [-0.25, -0.2) is 0 Å². The fourth-order valence-corrected chi connectivity index (χ4v) is 2.79. The van der Waals surface area contributed by atoms with Crippen molar-refractivity contribution in [3.05, 3.63) is 0 Å². The summed E-state index contributed by atoms with van der Waals surface area (Å²) in [5.41, 5.74) is 5.20. The normalized spacial score (nSPS) is 28.1. The van der Waals surface area contributed by atoms with Gasteiger partial charge in [0.1, 0.15) is 5.54 Å². The van der Waals surface area contributed by atoms with Gasteiger partial charge in [-0.1, -0.05) is 31.8 Å². The predicted octanol–water partition coefficient (Wildman–Crippen LogP) is 2.38. The van der Waals surface area contributed by atoms with Crippen molar-refractivity contribution in [1.82, 2.24) is 5.32 Å². The molecule has 0 atom stereocenters. The molecule has 5 nitrogen and oxygen atoms in total. The zero-order valence-electron chi connectivity index (χ0n) is 12.1. The maximum Gasteiger partial charge on any atom is 0.220 e. The Morgan fingerprint density at radius 3 is 2.53 bits per heavy atom. The number of hydrogen-bond donors (Lipinski definition) is 3. The van der Waals surface area contributed by atoms with Crippen LogP contribution < -0.4 is 11.1 Å². The third-order valence-corrected chi connectivity index (χ3v) is 4.27. The van der Waals surface area contributed by atoms with Gasteiger partial charge < -0.3 is 16.3 Å². The highest BCUT2D eigenvalue weighted by Gasteiger charge is 2.40. The Labute approximate surface area is 115 Å². The number of hydrogen-bond acceptors (Lipinski definition) is 3. The van der Waals surface area contributed by atoms with Gasteiger partial charge >= 0.3 is 0 Å². The van der Waals surface area contributed by atoms with E-state index in [4.69, 9.17) is 10.9 Å². The molecule has 0 unspecified atom stereocenters. The molecule has 0 aromatic carbocycles. The summed E-state index contributed by atoms with van der Waals surface area (Å²) in [6.45, 7) is 4.24. The first kappa shape index (κ1) is 15.8. The Morgan fingerprint density at radius 2 is 2.05 bits per heavy atom. The molecule has 1 aliphatic carbocycles. The van der Waals surface area contributed by atoms with Crippen LogP contribution in [0.15, 0.2) is 5.16 Å². The quantitative estimate of drug-likeness (QED) is 0.299. The number of oxime groups is 1. The lowest BCUT2D eigenvalue weighted by atomic mass is 9.75. The number of rotatable bonds is 6. The molecule has 1 saturated carbocycles. The second kappa shape index (κ2) is 7.36. The van der Waals surface area contributed by atoms with E-state index < -0.39 is 5.54 Å². The maximum absolute atomic E-state index is 11.9. The molecule has 4 N–H and O–H groups in total. The molecular formula is C14H27N3O2. The summed E-state index contributed by atoms with van der Waals surface area (Å²) in [5, 5.41) is 15.1. The molecule has 0 bridgehead atoms. The van der Waals surface area contributed by atoms with Gasteiger partial charge in [0.05, 0.1) is 0 Å². The highest BCUT2D eigenvalue weighted by molar-refractivity contribution is 5.94. The number of carbonyl (C=O) groups excluding carboxylic acids is 1. The maximum atomic E-state index is 11.9. The van der Waals surface area contributed by atoms with Crippen LogP contribution in [0.5, 0.6) is 0 Å². The molecule has 0 aromatic heterocycles. The monoisotopic (exact) mass is 269 g/mol. The molecule has 5 heteroatoms. The van der Waals surface area contributed by atoms with Gasteiger partial charge in [0.25, 0.3) is 0 Å². The Kier molecular flexibility index (Phi) is 6.12. The van der Waals surface area contributed by atoms with E-state index in [-0.39, 0.29) is 11.7 Å². The molecule has 1 amide bonds. The lowest BCUT2D eigenvalue weighted by molar-refractivity contribution is -0.122. The Bertz CT molecular complexity index is 321. The lowest BCUT2D eigenvalue weighted by Gasteiger charge is -2.39. The fraction of sp³-hybridized carbons (Fsp3) is 0.857. The van der Waals surface area contributed by atoms with Crippen molar-refractivity contribution in [2.24, 2.45) is 16.8 Å². The van der Waals surface area contributed by atoms with E-state index in [1.807, 2.05) is 0 Å². The molecule has 0 aliphatic heterocycles. The molecule has 1 rings (SSSR count). The predicted molar refractivity (Wildman–Crippen MR) is 76.1 cm³/mol. The average Bonchev–Trinajstić information content (AvgIpc) is 2.44. The highest BCUT2D eigenvalue weighted by Crippen LogP contribution is 2.34. The number of carbonyl (C=O) groups is 1. The molecule has 1 fully saturated rings. The third-order valence-electron chi connectivity index (χ3n) is 4.27. The first-order valence-corrected chi connectivity index (χ1v) is 7.37. The first-order chi connectivity index (χ1) is 9.07. The van der Waals surface area contributed by atoms with Crippen LogP contribution >= 0.6 is 0 Å². The van der Waals surface area contributed by atoms with Crippen molar-refractivity contribution in [1.29, 1.82) is 0 Å². The van der Waals surface area contributed by atoms with Crippen LogP contribution in [0.25, 0.3) is 0 Å². The van der Waals surface area contributed by atoms with Gasteiger partial charge in [0.2, 0.25) is 5.91 Å². The number of nitrogens with one attached hydrogen (secondary N) is 1. The second-order valence-corrected chi connectivity index (χ2v) is 5.57. The number of amidine groups is 1. The summed E-state index contributed by atoms with van der Waals surface area (Å²) in [7, 11) is 0. The molecule has 0 aromatic rings. The Hall–Kier alpha value is -1.26. The number of nitrogens with two attached hydrogens (primary N) is 1. The zero-order chi connectivity index (χ0) is 14.3. The summed E-state index contributed by atoms with van der Waals surface area (Å²) in [6, 6.07) is 0. The van der Waals surface area contributed by atoms with Gasteiger partial charge in [-0.2, -0.15) is 0 Å². The van der Waals surface area contributed by atoms with Gasteiger partial charge in [-0.15, -0.1) is 0 Å². The minimum absolute atomic E-state index is 0.00315. The van der Waals surface area contributed by atoms with Gasteiger partial charge in [0.15, 0.2) is 5.84 Å². The van der Waals surface area contributed by atoms with Crippen molar-refractivity contribution in [2.75, 3.05) is 0 Å². The van der Waals surface area contributed by atoms with Crippen LogP contribution in [-0.4, -0.2) is 22.5 Å². The van der Waals surface area contributed by atoms with Gasteiger partial charge in [0, 0.05) is 6.42 Å². The fourth-order valence-electron chi connectivity index (χ4n) is 2.79. The van der Waals surface area contributed by atoms with Crippen LogP contribution in [0.1, 0.15) is 65.2 Å². The number of nitrogens with zero attached hydrogens (tertiary/aromatic N) is 1. The van der Waals surface area contributed by atoms with Crippen LogP contribution in [0.2, 0.25) is 0 Å². The average molecular weight is 269 g/mol. The van der Waals surface area contributed by atoms with Crippen molar-refractivity contribution >= 4 is 11.7 Å². The Balaban J connectivity index is 2.70. The summed E-state index contributed by atoms with van der Waals surface area (Å²) in [4.78, 5) is 11.9. The summed E-state index contributed by atoms with van der Waals surface area (Å²) >= 11 is 0. The van der Waals surface area contributed by atoms with Crippen molar-refractivity contribution in [2.45, 2.75) is 70.8 Å². The minimum Gasteiger partial charge on any atom is -0.409 e. The molecule has 0 heterocycles. The molecule has 110 valence electrons. The van der Waals surface area contributed by atoms with E-state index in [0.717, 1.165) is 44.9 Å². The standard InChI is InChI=1S/C14H27N3O2/c1-3-5-6-12(18)16-14(13(15)17-19)9-7-11(4-2)8-10-14/h11,19H,3-10H2,1-2H3,(H2,15,17)(H,16,18). The van der Waals surface area contributed by atoms with Crippen LogP contribution in [0.4, 0.5) is 0 Å². The topological polar surface area (TPSA) is 87.7 Å². The van der Waals surface area contributed by atoms with Crippen LogP contribution in [-0.2, 0) is 4.79 Å². The molecular weight excluding hydrogens is 242 g/mol. The van der Waals surface area contributed by atoms with Crippen molar-refractivity contribution in [3.8, 4) is 0 Å². The second-order valence-electron chi connectivity index (χ2n) is 5.57. The Morgan fingerprint density at radius 1 is 1.42 bits per heavy atom. The highest BCUT2D eigenvalue weighted by atomic mass is 16.4. The summed E-state index contributed by atoms with van der Waals surface area (Å²) in [6.07, 6.45) is 7.07. The van der Waals surface area contributed by atoms with Gasteiger partial charge in [-0.3, -0.25) is 4.79 Å².